The number of hydrogen-bond donors (Lipinski definition) is 2. The minimum Gasteiger partial charge on any atom is -0.464 e. The number of carbonyl (C=O) groups is 4. The smallest absolute Gasteiger partial charge is 0.360 e. The van der Waals surface area contributed by atoms with E-state index >= 15 is 9.13 Å². The average Bonchev–Trinajstić information content (AvgIpc) is 4.17. The summed E-state index contributed by atoms with van der Waals surface area (Å²) in [7, 11) is -9.12. The van der Waals surface area contributed by atoms with Crippen molar-refractivity contribution in [3.05, 3.63) is 144 Å². The predicted molar refractivity (Wildman–Crippen MR) is 260 cm³/mol. The third kappa shape index (κ3) is 15.7. The molecule has 2 saturated heterocycles. The fourth-order valence-corrected chi connectivity index (χ4v) is 13.3. The summed E-state index contributed by atoms with van der Waals surface area (Å²) >= 11 is 0. The number of epoxide rings is 1. The van der Waals surface area contributed by atoms with Gasteiger partial charge in [-0.25, -0.2) is 4.79 Å². The second-order valence-corrected chi connectivity index (χ2v) is 22.5. The van der Waals surface area contributed by atoms with E-state index in [1.54, 1.807) is 16.7 Å². The molecule has 3 amide bonds. The van der Waals surface area contributed by atoms with Crippen molar-refractivity contribution in [2.75, 3.05) is 32.8 Å². The van der Waals surface area contributed by atoms with E-state index in [0.717, 1.165) is 0 Å². The van der Waals surface area contributed by atoms with Crippen LogP contribution in [0.3, 0.4) is 0 Å². The molecule has 2 heterocycles. The predicted octanol–water partition coefficient (Wildman–Crippen LogP) is 8.06. The van der Waals surface area contributed by atoms with Crippen LogP contribution in [0.2, 0.25) is 0 Å². The zero-order valence-electron chi connectivity index (χ0n) is 40.1. The summed E-state index contributed by atoms with van der Waals surface area (Å²) in [6, 6.07) is 34.7. The van der Waals surface area contributed by atoms with Crippen molar-refractivity contribution in [3.8, 4) is 0 Å². The Morgan fingerprint density at radius 3 is 1.35 bits per heavy atom. The van der Waals surface area contributed by atoms with Gasteiger partial charge in [0.15, 0.2) is 12.2 Å². The zero-order valence-corrected chi connectivity index (χ0v) is 41.8. The van der Waals surface area contributed by atoms with Crippen LogP contribution < -0.4 is 10.6 Å². The monoisotopic (exact) mass is 988 g/mol. The number of hydrogen-bond acceptors (Lipinski definition) is 13. The summed E-state index contributed by atoms with van der Waals surface area (Å²) in [5.41, 5.74) is 1.23. The maximum atomic E-state index is 15.9. The van der Waals surface area contributed by atoms with Crippen LogP contribution in [0.1, 0.15) is 69.7 Å². The van der Waals surface area contributed by atoms with Crippen LogP contribution >= 0.6 is 15.2 Å². The fourth-order valence-electron chi connectivity index (χ4n) is 7.90. The van der Waals surface area contributed by atoms with Crippen LogP contribution in [0.25, 0.3) is 0 Å². The molecule has 4 aromatic carbocycles. The van der Waals surface area contributed by atoms with Gasteiger partial charge in [-0.1, -0.05) is 149 Å². The molecule has 2 aliphatic rings. The van der Waals surface area contributed by atoms with Crippen LogP contribution in [0.5, 0.6) is 0 Å². The molecule has 18 heteroatoms. The van der Waals surface area contributed by atoms with Crippen molar-refractivity contribution in [2.24, 2.45) is 11.8 Å². The lowest BCUT2D eigenvalue weighted by Crippen LogP contribution is -2.59. The molecule has 0 aromatic heterocycles. The second kappa shape index (κ2) is 25.7. The number of benzene rings is 4. The van der Waals surface area contributed by atoms with Crippen LogP contribution in [-0.4, -0.2) is 96.1 Å². The van der Waals surface area contributed by atoms with Crippen LogP contribution in [0.15, 0.2) is 121 Å². The van der Waals surface area contributed by atoms with Gasteiger partial charge in [-0.2, -0.15) is 0 Å². The SMILES string of the molecule is CCOC(=O)[C@H]1O[C@@H]1C(=O)N[C@@H](CC(C)C)C(=O)N[C@@H](CC(C)C)C(=O)N1CCN(C(P(=O)(OCc2ccccc2)OCc2ccccc2)P(=O)(OCc2ccccc2)OCc2ccccc2)CC1. The number of nitrogens with zero attached hydrogens (tertiary/aromatic N) is 2. The van der Waals surface area contributed by atoms with Crippen molar-refractivity contribution in [3.63, 3.8) is 0 Å². The number of esters is 1. The second-order valence-electron chi connectivity index (χ2n) is 17.9. The molecule has 69 heavy (non-hydrogen) atoms. The van der Waals surface area contributed by atoms with Gasteiger partial charge in [0, 0.05) is 26.2 Å². The van der Waals surface area contributed by atoms with E-state index < -0.39 is 62.8 Å². The third-order valence-corrected chi connectivity index (χ3v) is 16.9. The van der Waals surface area contributed by atoms with Crippen molar-refractivity contribution < 1.29 is 55.9 Å². The van der Waals surface area contributed by atoms with Gasteiger partial charge >= 0.3 is 21.2 Å². The van der Waals surface area contributed by atoms with Gasteiger partial charge in [-0.15, -0.1) is 0 Å². The topological polar surface area (TPSA) is 192 Å². The number of amides is 3. The molecule has 0 saturated carbocycles. The van der Waals surface area contributed by atoms with Crippen molar-refractivity contribution in [1.82, 2.24) is 20.4 Å². The Labute approximate surface area is 405 Å². The highest BCUT2D eigenvalue weighted by atomic mass is 31.2. The third-order valence-electron chi connectivity index (χ3n) is 11.5. The Morgan fingerprint density at radius 1 is 0.580 bits per heavy atom. The molecule has 0 radical (unpaired) electrons. The van der Waals surface area contributed by atoms with Crippen molar-refractivity contribution >= 4 is 38.9 Å². The lowest BCUT2D eigenvalue weighted by atomic mass is 9.99. The minimum absolute atomic E-state index is 0.0166. The van der Waals surface area contributed by atoms with Gasteiger partial charge in [-0.3, -0.25) is 28.4 Å². The highest BCUT2D eigenvalue weighted by Crippen LogP contribution is 2.72. The van der Waals surface area contributed by atoms with E-state index in [-0.39, 0.29) is 89.8 Å². The number of ether oxygens (including phenoxy) is 2. The van der Waals surface area contributed by atoms with E-state index in [9.17, 15) is 19.2 Å². The Morgan fingerprint density at radius 2 is 0.971 bits per heavy atom. The molecule has 0 unspecified atom stereocenters. The summed E-state index contributed by atoms with van der Waals surface area (Å²) in [5.74, 6) is -2.22. The molecule has 16 nitrogen and oxygen atoms in total. The first kappa shape index (κ1) is 53.3. The summed E-state index contributed by atoms with van der Waals surface area (Å²) in [6.45, 7) is 9.14. The Kier molecular flexibility index (Phi) is 19.9. The van der Waals surface area contributed by atoms with Crippen LogP contribution in [-0.2, 0) is 82.3 Å². The summed E-state index contributed by atoms with van der Waals surface area (Å²) in [4.78, 5) is 57.2. The highest BCUT2D eigenvalue weighted by molar-refractivity contribution is 7.72. The summed E-state index contributed by atoms with van der Waals surface area (Å²) in [5, 5.41) is 5.65. The van der Waals surface area contributed by atoms with Gasteiger partial charge in [0.1, 0.15) is 12.1 Å². The number of rotatable bonds is 26. The highest BCUT2D eigenvalue weighted by Gasteiger charge is 2.56. The fraction of sp³-hybridized carbons (Fsp3) is 0.451. The molecule has 0 aliphatic carbocycles. The maximum Gasteiger partial charge on any atom is 0.360 e. The quantitative estimate of drug-likeness (QED) is 0.0349. The molecule has 4 aromatic rings. The maximum absolute atomic E-state index is 15.9. The Bertz CT molecular complexity index is 2160. The molecule has 2 aliphatic heterocycles. The average molecular weight is 989 g/mol. The standard InChI is InChI=1S/C51H66N4O12P2/c1-6-62-50(59)46-45(67-46)48(57)52-43(31-37(2)3)47(56)53-44(32-38(4)5)49(58)54-27-29-55(30-28-54)51(68(60,63-33-39-19-11-7-12-20-39)64-34-40-21-13-8-14-22-40)69(61,65-35-41-23-15-9-16-24-41)66-36-42-25-17-10-18-26-42/h7-26,37-38,43-46,51H,6,27-36H2,1-5H3,(H,52,57)(H,53,56)/t43-,44-,45-,46-/m0/s1. The lowest BCUT2D eigenvalue weighted by Gasteiger charge is -2.43. The largest absolute Gasteiger partial charge is 0.464 e. The first-order valence-electron chi connectivity index (χ1n) is 23.6. The van der Waals surface area contributed by atoms with E-state index in [4.69, 9.17) is 27.6 Å². The van der Waals surface area contributed by atoms with Gasteiger partial charge in [0.2, 0.25) is 17.3 Å². The molecule has 0 spiro atoms. The Balaban J connectivity index is 1.28. The number of nitrogens with one attached hydrogen (secondary N) is 2. The first-order valence-corrected chi connectivity index (χ1v) is 26.8. The van der Waals surface area contributed by atoms with Crippen molar-refractivity contribution in [2.45, 2.75) is 104 Å². The molecular formula is C51H66N4O12P2. The molecule has 0 bridgehead atoms. The summed E-state index contributed by atoms with van der Waals surface area (Å²) < 4.78 is 67.7. The van der Waals surface area contributed by atoms with E-state index in [1.165, 1.54) is 0 Å². The van der Waals surface area contributed by atoms with Crippen molar-refractivity contribution in [1.29, 1.82) is 0 Å². The summed E-state index contributed by atoms with van der Waals surface area (Å²) in [6.07, 6.45) is -1.57. The van der Waals surface area contributed by atoms with Gasteiger partial charge in [0.05, 0.1) is 33.0 Å². The zero-order chi connectivity index (χ0) is 49.4. The molecule has 6 rings (SSSR count). The molecule has 2 N–H and O–H groups in total. The lowest BCUT2D eigenvalue weighted by molar-refractivity contribution is -0.144. The first-order chi connectivity index (χ1) is 33.2. The molecule has 4 atom stereocenters. The number of carbonyl (C=O) groups excluding carboxylic acids is 4. The van der Waals surface area contributed by atoms with Crippen LogP contribution in [0.4, 0.5) is 0 Å². The van der Waals surface area contributed by atoms with E-state index in [0.29, 0.717) is 22.3 Å². The number of piperazine rings is 1. The van der Waals surface area contributed by atoms with Crippen LogP contribution in [0, 0.1) is 11.8 Å². The van der Waals surface area contributed by atoms with Gasteiger partial charge in [-0.05, 0) is 53.9 Å². The molecule has 2 fully saturated rings. The normalized spacial score (nSPS) is 17.4. The Hall–Kier alpha value is -5.02. The van der Waals surface area contributed by atoms with Gasteiger partial charge < -0.3 is 43.1 Å². The molecular weight excluding hydrogens is 923 g/mol. The van der Waals surface area contributed by atoms with Gasteiger partial charge in [0.25, 0.3) is 5.91 Å². The van der Waals surface area contributed by atoms with E-state index in [2.05, 4.69) is 10.6 Å². The minimum atomic E-state index is -4.56. The molecule has 372 valence electrons. The van der Waals surface area contributed by atoms with E-state index in [1.807, 2.05) is 149 Å².